The van der Waals surface area contributed by atoms with Gasteiger partial charge in [0.05, 0.1) is 4.90 Å². The Balaban J connectivity index is 1.89. The van der Waals surface area contributed by atoms with Gasteiger partial charge in [-0.25, -0.2) is 8.42 Å². The molecule has 3 aliphatic rings. The monoisotopic (exact) mass is 299 g/mol. The van der Waals surface area contributed by atoms with E-state index in [0.29, 0.717) is 34.8 Å². The second kappa shape index (κ2) is 5.08. The van der Waals surface area contributed by atoms with E-state index >= 15 is 0 Å². The molecule has 104 valence electrons. The molecule has 3 fully saturated rings. The van der Waals surface area contributed by atoms with Gasteiger partial charge in [0.1, 0.15) is 0 Å². The summed E-state index contributed by atoms with van der Waals surface area (Å²) in [6.07, 6.45) is 4.71. The molecule has 0 aromatic heterocycles. The highest BCUT2D eigenvalue weighted by Crippen LogP contribution is 2.36. The SMILES string of the molecule is O=S(=O)(c1ccc(Cl)cc1)N1C[C@H]2CC[C@@H](CC2)C1. The molecule has 0 unspecified atom stereocenters. The van der Waals surface area contributed by atoms with E-state index in [-0.39, 0.29) is 0 Å². The highest BCUT2D eigenvalue weighted by Gasteiger charge is 2.35. The largest absolute Gasteiger partial charge is 0.243 e. The van der Waals surface area contributed by atoms with Gasteiger partial charge in [-0.05, 0) is 61.8 Å². The van der Waals surface area contributed by atoms with E-state index in [9.17, 15) is 8.42 Å². The lowest BCUT2D eigenvalue weighted by Gasteiger charge is -2.22. The maximum absolute atomic E-state index is 12.7. The fourth-order valence-electron chi connectivity index (χ4n) is 3.20. The molecule has 2 saturated heterocycles. The highest BCUT2D eigenvalue weighted by atomic mass is 35.5. The third-order valence-corrected chi connectivity index (χ3v) is 6.44. The standard InChI is InChI=1S/C14H18ClNO2S/c15-13-5-7-14(8-6-13)19(17,18)16-9-11-1-2-12(10-16)4-3-11/h5-8,11-12H,1-4,9-10H2/t11-,12-. The second-order valence-corrected chi connectivity index (χ2v) is 8.04. The summed E-state index contributed by atoms with van der Waals surface area (Å²) < 4.78 is 27.0. The third-order valence-electron chi connectivity index (χ3n) is 4.34. The first-order valence-electron chi connectivity index (χ1n) is 6.81. The summed E-state index contributed by atoms with van der Waals surface area (Å²) in [4.78, 5) is 0.359. The van der Waals surface area contributed by atoms with Crippen LogP contribution in [0.4, 0.5) is 0 Å². The Bertz CT molecular complexity index is 533. The Morgan fingerprint density at radius 1 is 0.947 bits per heavy atom. The molecule has 1 saturated carbocycles. The number of hydrogen-bond acceptors (Lipinski definition) is 2. The van der Waals surface area contributed by atoms with Gasteiger partial charge in [-0.1, -0.05) is 11.6 Å². The average molecular weight is 300 g/mol. The van der Waals surface area contributed by atoms with Crippen molar-refractivity contribution in [3.63, 3.8) is 0 Å². The summed E-state index contributed by atoms with van der Waals surface area (Å²) >= 11 is 5.82. The average Bonchev–Trinajstić information content (AvgIpc) is 2.73. The van der Waals surface area contributed by atoms with Gasteiger partial charge in [-0.3, -0.25) is 0 Å². The number of fused-ring (bicyclic) bond motifs is 4. The zero-order valence-corrected chi connectivity index (χ0v) is 12.3. The predicted molar refractivity (Wildman–Crippen MR) is 75.7 cm³/mol. The van der Waals surface area contributed by atoms with E-state index in [1.807, 2.05) is 0 Å². The highest BCUT2D eigenvalue weighted by molar-refractivity contribution is 7.89. The molecule has 4 rings (SSSR count). The Morgan fingerprint density at radius 2 is 1.42 bits per heavy atom. The van der Waals surface area contributed by atoms with Crippen LogP contribution in [-0.2, 0) is 10.0 Å². The topological polar surface area (TPSA) is 37.4 Å². The second-order valence-electron chi connectivity index (χ2n) is 5.66. The molecule has 0 amide bonds. The smallest absolute Gasteiger partial charge is 0.207 e. The third kappa shape index (κ3) is 2.67. The Hall–Kier alpha value is -0.580. The molecule has 1 aromatic rings. The number of rotatable bonds is 2. The van der Waals surface area contributed by atoms with Crippen LogP contribution in [0.25, 0.3) is 0 Å². The molecular weight excluding hydrogens is 282 g/mol. The fraction of sp³-hybridized carbons (Fsp3) is 0.571. The molecule has 1 aliphatic carbocycles. The van der Waals surface area contributed by atoms with Crippen molar-refractivity contribution in [3.8, 4) is 0 Å². The van der Waals surface area contributed by atoms with Gasteiger partial charge in [-0.2, -0.15) is 4.31 Å². The number of nitrogens with zero attached hydrogens (tertiary/aromatic N) is 1. The maximum atomic E-state index is 12.7. The summed E-state index contributed by atoms with van der Waals surface area (Å²) in [5.74, 6) is 1.08. The molecule has 2 bridgehead atoms. The summed E-state index contributed by atoms with van der Waals surface area (Å²) in [7, 11) is -3.35. The number of hydrogen-bond donors (Lipinski definition) is 0. The molecule has 0 N–H and O–H groups in total. The van der Waals surface area contributed by atoms with Crippen molar-refractivity contribution in [2.45, 2.75) is 30.6 Å². The van der Waals surface area contributed by atoms with Crippen LogP contribution >= 0.6 is 11.6 Å². The summed E-state index contributed by atoms with van der Waals surface area (Å²) in [5.41, 5.74) is 0. The van der Waals surface area contributed by atoms with Crippen LogP contribution in [0.15, 0.2) is 29.2 Å². The molecule has 0 radical (unpaired) electrons. The van der Waals surface area contributed by atoms with Gasteiger partial charge >= 0.3 is 0 Å². The maximum Gasteiger partial charge on any atom is 0.243 e. The zero-order chi connectivity index (χ0) is 13.5. The molecule has 0 spiro atoms. The Labute approximate surface area is 119 Å². The number of benzene rings is 1. The molecule has 5 heteroatoms. The van der Waals surface area contributed by atoms with Gasteiger partial charge in [-0.15, -0.1) is 0 Å². The van der Waals surface area contributed by atoms with Crippen molar-refractivity contribution in [1.29, 1.82) is 0 Å². The van der Waals surface area contributed by atoms with Crippen LogP contribution in [0.3, 0.4) is 0 Å². The van der Waals surface area contributed by atoms with Crippen molar-refractivity contribution in [2.24, 2.45) is 11.8 Å². The zero-order valence-electron chi connectivity index (χ0n) is 10.8. The van der Waals surface area contributed by atoms with Crippen molar-refractivity contribution < 1.29 is 8.42 Å². The molecule has 1 aromatic carbocycles. The van der Waals surface area contributed by atoms with E-state index in [0.717, 1.165) is 0 Å². The first kappa shape index (κ1) is 13.4. The van der Waals surface area contributed by atoms with E-state index in [1.54, 1.807) is 28.6 Å². The number of halogens is 1. The van der Waals surface area contributed by atoms with Gasteiger partial charge in [0.25, 0.3) is 0 Å². The van der Waals surface area contributed by atoms with Gasteiger partial charge in [0, 0.05) is 18.1 Å². The van der Waals surface area contributed by atoms with Crippen LogP contribution in [0.2, 0.25) is 5.02 Å². The minimum atomic E-state index is -3.35. The molecule has 2 aliphatic heterocycles. The summed E-state index contributed by atoms with van der Waals surface area (Å²) in [5, 5.41) is 0.565. The van der Waals surface area contributed by atoms with Crippen LogP contribution in [-0.4, -0.2) is 25.8 Å². The van der Waals surface area contributed by atoms with E-state index < -0.39 is 10.0 Å². The molecule has 3 nitrogen and oxygen atoms in total. The minimum absolute atomic E-state index is 0.359. The van der Waals surface area contributed by atoms with Crippen molar-refractivity contribution in [3.05, 3.63) is 29.3 Å². The van der Waals surface area contributed by atoms with Gasteiger partial charge < -0.3 is 0 Å². The summed E-state index contributed by atoms with van der Waals surface area (Å²) in [6.45, 7) is 1.36. The van der Waals surface area contributed by atoms with Crippen molar-refractivity contribution in [1.82, 2.24) is 4.31 Å². The number of sulfonamides is 1. The van der Waals surface area contributed by atoms with Crippen LogP contribution < -0.4 is 0 Å². The van der Waals surface area contributed by atoms with E-state index in [1.165, 1.54) is 25.7 Å². The van der Waals surface area contributed by atoms with Gasteiger partial charge in [0.15, 0.2) is 0 Å². The van der Waals surface area contributed by atoms with Crippen molar-refractivity contribution in [2.75, 3.05) is 13.1 Å². The first-order valence-corrected chi connectivity index (χ1v) is 8.63. The lowest BCUT2D eigenvalue weighted by molar-refractivity contribution is 0.326. The quantitative estimate of drug-likeness (QED) is 0.841. The minimum Gasteiger partial charge on any atom is -0.207 e. The van der Waals surface area contributed by atoms with Crippen LogP contribution in [0.5, 0.6) is 0 Å². The molecule has 0 atom stereocenters. The van der Waals surface area contributed by atoms with Gasteiger partial charge in [0.2, 0.25) is 10.0 Å². The molecule has 19 heavy (non-hydrogen) atoms. The Morgan fingerprint density at radius 3 is 1.89 bits per heavy atom. The van der Waals surface area contributed by atoms with Crippen molar-refractivity contribution >= 4 is 21.6 Å². The molecule has 2 heterocycles. The van der Waals surface area contributed by atoms with E-state index in [2.05, 4.69) is 0 Å². The van der Waals surface area contributed by atoms with E-state index in [4.69, 9.17) is 11.6 Å². The lowest BCUT2D eigenvalue weighted by atomic mass is 9.84. The fourth-order valence-corrected chi connectivity index (χ4v) is 4.92. The van der Waals surface area contributed by atoms with Crippen LogP contribution in [0.1, 0.15) is 25.7 Å². The summed E-state index contributed by atoms with van der Waals surface area (Å²) in [6, 6.07) is 6.48. The molecular formula is C14H18ClNO2S. The normalized spacial score (nSPS) is 28.3. The van der Waals surface area contributed by atoms with Crippen LogP contribution in [0, 0.1) is 11.8 Å². The predicted octanol–water partition coefficient (Wildman–Crippen LogP) is 3.15. The Kier molecular flexibility index (Phi) is 3.58. The lowest BCUT2D eigenvalue weighted by Crippen LogP contribution is -2.34. The first-order chi connectivity index (χ1) is 9.05.